The van der Waals surface area contributed by atoms with E-state index in [2.05, 4.69) is 10.6 Å². The van der Waals surface area contributed by atoms with Crippen LogP contribution in [-0.4, -0.2) is 11.8 Å². The molecule has 0 heterocycles. The lowest BCUT2D eigenvalue weighted by molar-refractivity contribution is -0.114. The number of ether oxygens (including phenoxy) is 1. The van der Waals surface area contributed by atoms with Crippen LogP contribution in [0.5, 0.6) is 11.5 Å². The van der Waals surface area contributed by atoms with Gasteiger partial charge in [-0.2, -0.15) is 0 Å². The second-order valence-electron chi connectivity index (χ2n) is 6.26. The number of carbonyl (C=O) groups is 2. The average molecular weight is 396 g/mol. The molecule has 3 aromatic rings. The molecule has 5 nitrogen and oxygen atoms in total. The second kappa shape index (κ2) is 8.97. The summed E-state index contributed by atoms with van der Waals surface area (Å²) in [5.74, 6) is -0.696. The third kappa shape index (κ3) is 5.62. The van der Waals surface area contributed by atoms with Crippen LogP contribution in [0, 0.1) is 11.6 Å². The molecule has 0 unspecified atom stereocenters. The molecule has 7 heteroatoms. The minimum Gasteiger partial charge on any atom is -0.457 e. The number of nitrogens with one attached hydrogen (secondary N) is 2. The van der Waals surface area contributed by atoms with Gasteiger partial charge in [0.1, 0.15) is 23.1 Å². The average Bonchev–Trinajstić information content (AvgIpc) is 2.70. The summed E-state index contributed by atoms with van der Waals surface area (Å²) in [6.07, 6.45) is 0. The topological polar surface area (TPSA) is 67.4 Å². The molecule has 2 N–H and O–H groups in total. The largest absolute Gasteiger partial charge is 0.457 e. The van der Waals surface area contributed by atoms with Crippen LogP contribution in [0.15, 0.2) is 66.7 Å². The van der Waals surface area contributed by atoms with Crippen LogP contribution in [0.3, 0.4) is 0 Å². The van der Waals surface area contributed by atoms with Crippen LogP contribution >= 0.6 is 0 Å². The Morgan fingerprint density at radius 3 is 2.14 bits per heavy atom. The van der Waals surface area contributed by atoms with E-state index < -0.39 is 17.6 Å². The second-order valence-corrected chi connectivity index (χ2v) is 6.26. The zero-order valence-corrected chi connectivity index (χ0v) is 15.5. The normalized spacial score (nSPS) is 10.3. The van der Waals surface area contributed by atoms with Gasteiger partial charge in [0.05, 0.1) is 5.69 Å². The lowest BCUT2D eigenvalue weighted by Crippen LogP contribution is -2.23. The van der Waals surface area contributed by atoms with Crippen molar-refractivity contribution in [3.63, 3.8) is 0 Å². The SMILES string of the molecule is CC(=O)Nc1cc(C(=O)NCc2ccc(Oc3ccc(F)cc3)cc2)ccc1F. The van der Waals surface area contributed by atoms with E-state index in [4.69, 9.17) is 4.74 Å². The first-order valence-electron chi connectivity index (χ1n) is 8.78. The molecule has 0 spiro atoms. The first-order chi connectivity index (χ1) is 13.9. The van der Waals surface area contributed by atoms with Crippen molar-refractivity contribution in [2.24, 2.45) is 0 Å². The van der Waals surface area contributed by atoms with Crippen molar-refractivity contribution in [2.45, 2.75) is 13.5 Å². The molecule has 29 heavy (non-hydrogen) atoms. The molecule has 0 aliphatic rings. The molecule has 2 amide bonds. The summed E-state index contributed by atoms with van der Waals surface area (Å²) in [6, 6.07) is 16.5. The predicted molar refractivity (Wildman–Crippen MR) is 105 cm³/mol. The fourth-order valence-electron chi connectivity index (χ4n) is 2.55. The predicted octanol–water partition coefficient (Wildman–Crippen LogP) is 4.65. The first-order valence-corrected chi connectivity index (χ1v) is 8.78. The molecular formula is C22H18F2N2O3. The first kappa shape index (κ1) is 20.0. The van der Waals surface area contributed by atoms with Crippen LogP contribution in [0.25, 0.3) is 0 Å². The maximum Gasteiger partial charge on any atom is 0.251 e. The van der Waals surface area contributed by atoms with Crippen molar-refractivity contribution in [2.75, 3.05) is 5.32 Å². The summed E-state index contributed by atoms with van der Waals surface area (Å²) in [5, 5.41) is 5.08. The van der Waals surface area contributed by atoms with Gasteiger partial charge in [-0.15, -0.1) is 0 Å². The lowest BCUT2D eigenvalue weighted by atomic mass is 10.1. The summed E-state index contributed by atoms with van der Waals surface area (Å²) < 4.78 is 32.2. The van der Waals surface area contributed by atoms with Crippen molar-refractivity contribution in [1.29, 1.82) is 0 Å². The van der Waals surface area contributed by atoms with Gasteiger partial charge in [0, 0.05) is 19.0 Å². The van der Waals surface area contributed by atoms with Gasteiger partial charge >= 0.3 is 0 Å². The zero-order valence-electron chi connectivity index (χ0n) is 15.5. The Bertz CT molecular complexity index is 1020. The summed E-state index contributed by atoms with van der Waals surface area (Å²) in [7, 11) is 0. The Kier molecular flexibility index (Phi) is 6.19. The van der Waals surface area contributed by atoms with E-state index in [0.29, 0.717) is 11.5 Å². The standard InChI is InChI=1S/C22H18F2N2O3/c1-14(27)26-21-12-16(4-11-20(21)24)22(28)25-13-15-2-7-18(8-3-15)29-19-9-5-17(23)6-10-19/h2-12H,13H2,1H3,(H,25,28)(H,26,27). The van der Waals surface area contributed by atoms with E-state index in [0.717, 1.165) is 11.6 Å². The summed E-state index contributed by atoms with van der Waals surface area (Å²) in [6.45, 7) is 1.51. The Labute approximate surface area is 166 Å². The van der Waals surface area contributed by atoms with Gasteiger partial charge < -0.3 is 15.4 Å². The maximum atomic E-state index is 13.7. The molecule has 0 bridgehead atoms. The summed E-state index contributed by atoms with van der Waals surface area (Å²) in [5.41, 5.74) is 1.01. The maximum absolute atomic E-state index is 13.7. The molecule has 0 aliphatic carbocycles. The molecule has 3 aromatic carbocycles. The number of amides is 2. The number of hydrogen-bond donors (Lipinski definition) is 2. The van der Waals surface area contributed by atoms with E-state index in [1.54, 1.807) is 24.3 Å². The van der Waals surface area contributed by atoms with Gasteiger partial charge in [-0.25, -0.2) is 8.78 Å². The highest BCUT2D eigenvalue weighted by molar-refractivity contribution is 5.96. The van der Waals surface area contributed by atoms with Gasteiger partial charge in [-0.05, 0) is 60.2 Å². The molecule has 148 valence electrons. The number of halogens is 2. The Morgan fingerprint density at radius 2 is 1.52 bits per heavy atom. The molecule has 0 fully saturated rings. The Hall–Kier alpha value is -3.74. The molecule has 0 aliphatic heterocycles. The number of hydrogen-bond acceptors (Lipinski definition) is 3. The number of carbonyl (C=O) groups excluding carboxylic acids is 2. The van der Waals surface area contributed by atoms with E-state index >= 15 is 0 Å². The third-order valence-corrected chi connectivity index (χ3v) is 3.97. The lowest BCUT2D eigenvalue weighted by Gasteiger charge is -2.09. The van der Waals surface area contributed by atoms with Gasteiger partial charge in [-0.1, -0.05) is 12.1 Å². The van der Waals surface area contributed by atoms with Gasteiger partial charge in [0.25, 0.3) is 5.91 Å². The fraction of sp³-hybridized carbons (Fsp3) is 0.0909. The summed E-state index contributed by atoms with van der Waals surface area (Å²) in [4.78, 5) is 23.4. The molecule has 0 saturated carbocycles. The van der Waals surface area contributed by atoms with Gasteiger partial charge in [0.2, 0.25) is 5.91 Å². The monoisotopic (exact) mass is 396 g/mol. The third-order valence-electron chi connectivity index (χ3n) is 3.97. The van der Waals surface area contributed by atoms with E-state index in [9.17, 15) is 18.4 Å². The minimum absolute atomic E-state index is 0.0487. The van der Waals surface area contributed by atoms with Gasteiger partial charge in [0.15, 0.2) is 0 Å². The van der Waals surface area contributed by atoms with Gasteiger partial charge in [-0.3, -0.25) is 9.59 Å². The zero-order chi connectivity index (χ0) is 20.8. The van der Waals surface area contributed by atoms with E-state index in [1.807, 2.05) is 0 Å². The Morgan fingerprint density at radius 1 is 0.897 bits per heavy atom. The number of benzene rings is 3. The summed E-state index contributed by atoms with van der Waals surface area (Å²) >= 11 is 0. The molecule has 0 aromatic heterocycles. The van der Waals surface area contributed by atoms with Crippen molar-refractivity contribution >= 4 is 17.5 Å². The van der Waals surface area contributed by atoms with E-state index in [-0.39, 0.29) is 23.6 Å². The van der Waals surface area contributed by atoms with E-state index in [1.165, 1.54) is 43.3 Å². The highest BCUT2D eigenvalue weighted by Crippen LogP contribution is 2.22. The smallest absolute Gasteiger partial charge is 0.251 e. The van der Waals surface area contributed by atoms with Crippen LogP contribution in [-0.2, 0) is 11.3 Å². The van der Waals surface area contributed by atoms with Crippen molar-refractivity contribution in [3.05, 3.63) is 89.5 Å². The van der Waals surface area contributed by atoms with Crippen LogP contribution in [0.2, 0.25) is 0 Å². The number of anilines is 1. The molecule has 3 rings (SSSR count). The van der Waals surface area contributed by atoms with Crippen molar-refractivity contribution in [3.8, 4) is 11.5 Å². The molecule has 0 radical (unpaired) electrons. The molecular weight excluding hydrogens is 378 g/mol. The van der Waals surface area contributed by atoms with Crippen molar-refractivity contribution < 1.29 is 23.1 Å². The Balaban J connectivity index is 1.59. The highest BCUT2D eigenvalue weighted by atomic mass is 19.1. The van der Waals surface area contributed by atoms with Crippen LogP contribution in [0.1, 0.15) is 22.8 Å². The number of rotatable bonds is 6. The van der Waals surface area contributed by atoms with Crippen LogP contribution in [0.4, 0.5) is 14.5 Å². The minimum atomic E-state index is -0.617. The molecule has 0 atom stereocenters. The van der Waals surface area contributed by atoms with Crippen molar-refractivity contribution in [1.82, 2.24) is 5.32 Å². The quantitative estimate of drug-likeness (QED) is 0.638. The molecule has 0 saturated heterocycles. The fourth-order valence-corrected chi connectivity index (χ4v) is 2.55. The van der Waals surface area contributed by atoms with Crippen LogP contribution < -0.4 is 15.4 Å². The highest BCUT2D eigenvalue weighted by Gasteiger charge is 2.11.